The quantitative estimate of drug-likeness (QED) is 0.932. The summed E-state index contributed by atoms with van der Waals surface area (Å²) in [6.45, 7) is 0. The number of methoxy groups -OCH3 is 1. The topological polar surface area (TPSA) is 34.1 Å². The summed E-state index contributed by atoms with van der Waals surface area (Å²) >= 11 is 3.43. The SMILES string of the molecule is COc1ccc(Nc2ccncc2Br)cc1. The molecule has 0 bridgehead atoms. The van der Waals surface area contributed by atoms with Gasteiger partial charge in [0.2, 0.25) is 0 Å². The minimum absolute atomic E-state index is 0.847. The molecule has 0 unspecified atom stereocenters. The van der Waals surface area contributed by atoms with E-state index in [2.05, 4.69) is 26.2 Å². The Kier molecular flexibility index (Phi) is 3.41. The molecule has 0 spiro atoms. The van der Waals surface area contributed by atoms with Gasteiger partial charge in [0.05, 0.1) is 17.3 Å². The number of aromatic nitrogens is 1. The first-order valence-corrected chi connectivity index (χ1v) is 5.59. The molecule has 4 heteroatoms. The Labute approximate surface area is 103 Å². The van der Waals surface area contributed by atoms with Crippen molar-refractivity contribution in [1.29, 1.82) is 0 Å². The van der Waals surface area contributed by atoms with Gasteiger partial charge in [0, 0.05) is 18.1 Å². The number of ether oxygens (including phenoxy) is 1. The zero-order chi connectivity index (χ0) is 11.4. The number of rotatable bonds is 3. The van der Waals surface area contributed by atoms with Crippen molar-refractivity contribution < 1.29 is 4.74 Å². The lowest BCUT2D eigenvalue weighted by molar-refractivity contribution is 0.415. The molecular weight excluding hydrogens is 268 g/mol. The second kappa shape index (κ2) is 4.99. The first kappa shape index (κ1) is 11.0. The van der Waals surface area contributed by atoms with Crippen LogP contribution >= 0.6 is 15.9 Å². The van der Waals surface area contributed by atoms with Gasteiger partial charge in [-0.3, -0.25) is 4.98 Å². The summed E-state index contributed by atoms with van der Waals surface area (Å²) < 4.78 is 6.03. The molecule has 2 rings (SSSR count). The zero-order valence-electron chi connectivity index (χ0n) is 8.77. The first-order valence-electron chi connectivity index (χ1n) is 4.80. The van der Waals surface area contributed by atoms with Crippen molar-refractivity contribution in [3.8, 4) is 5.75 Å². The minimum Gasteiger partial charge on any atom is -0.497 e. The van der Waals surface area contributed by atoms with E-state index in [0.29, 0.717) is 0 Å². The number of nitrogens with one attached hydrogen (secondary N) is 1. The Morgan fingerprint density at radius 3 is 2.56 bits per heavy atom. The maximum absolute atomic E-state index is 5.10. The fraction of sp³-hybridized carbons (Fsp3) is 0.0833. The van der Waals surface area contributed by atoms with Crippen LogP contribution in [-0.4, -0.2) is 12.1 Å². The number of nitrogens with zero attached hydrogens (tertiary/aromatic N) is 1. The molecule has 0 radical (unpaired) electrons. The minimum atomic E-state index is 0.847. The fourth-order valence-corrected chi connectivity index (χ4v) is 1.66. The summed E-state index contributed by atoms with van der Waals surface area (Å²) in [5.41, 5.74) is 1.99. The highest BCUT2D eigenvalue weighted by Crippen LogP contribution is 2.25. The van der Waals surface area contributed by atoms with Gasteiger partial charge in [0.1, 0.15) is 5.75 Å². The average molecular weight is 279 g/mol. The molecule has 0 aliphatic heterocycles. The van der Waals surface area contributed by atoms with Gasteiger partial charge in [-0.2, -0.15) is 0 Å². The predicted molar refractivity (Wildman–Crippen MR) is 68.2 cm³/mol. The lowest BCUT2D eigenvalue weighted by Crippen LogP contribution is -1.91. The Bertz CT molecular complexity index is 471. The fourth-order valence-electron chi connectivity index (χ4n) is 1.31. The third-order valence-corrected chi connectivity index (χ3v) is 2.77. The molecule has 1 N–H and O–H groups in total. The van der Waals surface area contributed by atoms with Crippen LogP contribution in [0.1, 0.15) is 0 Å². The van der Waals surface area contributed by atoms with E-state index in [1.165, 1.54) is 0 Å². The second-order valence-electron chi connectivity index (χ2n) is 3.21. The van der Waals surface area contributed by atoms with Crippen LogP contribution < -0.4 is 10.1 Å². The first-order chi connectivity index (χ1) is 7.79. The molecule has 0 saturated carbocycles. The van der Waals surface area contributed by atoms with E-state index in [1.54, 1.807) is 19.5 Å². The van der Waals surface area contributed by atoms with Crippen LogP contribution in [0.15, 0.2) is 47.2 Å². The van der Waals surface area contributed by atoms with Crippen molar-refractivity contribution in [2.45, 2.75) is 0 Å². The van der Waals surface area contributed by atoms with Gasteiger partial charge >= 0.3 is 0 Å². The van der Waals surface area contributed by atoms with Crippen molar-refractivity contribution in [3.63, 3.8) is 0 Å². The monoisotopic (exact) mass is 278 g/mol. The van der Waals surface area contributed by atoms with Crippen LogP contribution in [0.25, 0.3) is 0 Å². The maximum Gasteiger partial charge on any atom is 0.119 e. The van der Waals surface area contributed by atoms with Gasteiger partial charge in [0.25, 0.3) is 0 Å². The summed E-state index contributed by atoms with van der Waals surface area (Å²) in [5, 5.41) is 3.28. The van der Waals surface area contributed by atoms with Crippen molar-refractivity contribution >= 4 is 27.3 Å². The van der Waals surface area contributed by atoms with Crippen molar-refractivity contribution in [1.82, 2.24) is 4.98 Å². The standard InChI is InChI=1S/C12H11BrN2O/c1-16-10-4-2-9(3-5-10)15-12-6-7-14-8-11(12)13/h2-8H,1H3,(H,14,15). The second-order valence-corrected chi connectivity index (χ2v) is 4.06. The Morgan fingerprint density at radius 1 is 1.19 bits per heavy atom. The third-order valence-electron chi connectivity index (χ3n) is 2.14. The smallest absolute Gasteiger partial charge is 0.119 e. The molecule has 0 atom stereocenters. The van der Waals surface area contributed by atoms with E-state index in [1.807, 2.05) is 30.3 Å². The predicted octanol–water partition coefficient (Wildman–Crippen LogP) is 3.60. The van der Waals surface area contributed by atoms with Crippen LogP contribution in [0.3, 0.4) is 0 Å². The molecule has 82 valence electrons. The normalized spacial score (nSPS) is 9.88. The van der Waals surface area contributed by atoms with Gasteiger partial charge in [0.15, 0.2) is 0 Å². The van der Waals surface area contributed by atoms with E-state index in [0.717, 1.165) is 21.6 Å². The average Bonchev–Trinajstić information content (AvgIpc) is 2.33. The molecule has 16 heavy (non-hydrogen) atoms. The van der Waals surface area contributed by atoms with Crippen LogP contribution in [-0.2, 0) is 0 Å². The number of halogens is 1. The van der Waals surface area contributed by atoms with E-state index < -0.39 is 0 Å². The Balaban J connectivity index is 2.18. The van der Waals surface area contributed by atoms with Gasteiger partial charge < -0.3 is 10.1 Å². The van der Waals surface area contributed by atoms with E-state index in [9.17, 15) is 0 Å². The number of hydrogen-bond acceptors (Lipinski definition) is 3. The molecule has 0 amide bonds. The molecule has 1 aromatic carbocycles. The van der Waals surface area contributed by atoms with Gasteiger partial charge in [-0.15, -0.1) is 0 Å². The third kappa shape index (κ3) is 2.52. The molecule has 0 aliphatic carbocycles. The summed E-state index contributed by atoms with van der Waals surface area (Å²) in [6, 6.07) is 9.67. The Morgan fingerprint density at radius 2 is 1.94 bits per heavy atom. The highest BCUT2D eigenvalue weighted by molar-refractivity contribution is 9.10. The molecule has 1 aromatic heterocycles. The van der Waals surface area contributed by atoms with Crippen LogP contribution in [0.2, 0.25) is 0 Å². The van der Waals surface area contributed by atoms with Crippen molar-refractivity contribution in [2.75, 3.05) is 12.4 Å². The molecular formula is C12H11BrN2O. The summed E-state index contributed by atoms with van der Waals surface area (Å²) in [6.07, 6.45) is 3.50. The molecule has 2 aromatic rings. The zero-order valence-corrected chi connectivity index (χ0v) is 10.4. The molecule has 3 nitrogen and oxygen atoms in total. The van der Waals surface area contributed by atoms with Crippen molar-refractivity contribution in [2.24, 2.45) is 0 Å². The van der Waals surface area contributed by atoms with Crippen LogP contribution in [0, 0.1) is 0 Å². The van der Waals surface area contributed by atoms with Gasteiger partial charge in [-0.25, -0.2) is 0 Å². The number of pyridine rings is 1. The number of hydrogen-bond donors (Lipinski definition) is 1. The van der Waals surface area contributed by atoms with E-state index in [-0.39, 0.29) is 0 Å². The molecule has 0 fully saturated rings. The maximum atomic E-state index is 5.10. The number of anilines is 2. The summed E-state index contributed by atoms with van der Waals surface area (Å²) in [5.74, 6) is 0.847. The van der Waals surface area contributed by atoms with E-state index in [4.69, 9.17) is 4.74 Å². The number of benzene rings is 1. The van der Waals surface area contributed by atoms with Gasteiger partial charge in [-0.05, 0) is 46.3 Å². The van der Waals surface area contributed by atoms with Crippen LogP contribution in [0.4, 0.5) is 11.4 Å². The summed E-state index contributed by atoms with van der Waals surface area (Å²) in [4.78, 5) is 4.01. The molecule has 0 aliphatic rings. The lowest BCUT2D eigenvalue weighted by atomic mass is 10.3. The molecule has 0 saturated heterocycles. The summed E-state index contributed by atoms with van der Waals surface area (Å²) in [7, 11) is 1.65. The molecule has 1 heterocycles. The largest absolute Gasteiger partial charge is 0.497 e. The highest BCUT2D eigenvalue weighted by atomic mass is 79.9. The van der Waals surface area contributed by atoms with Gasteiger partial charge in [-0.1, -0.05) is 0 Å². The lowest BCUT2D eigenvalue weighted by Gasteiger charge is -2.08. The highest BCUT2D eigenvalue weighted by Gasteiger charge is 1.99. The van der Waals surface area contributed by atoms with E-state index >= 15 is 0 Å². The van der Waals surface area contributed by atoms with Crippen LogP contribution in [0.5, 0.6) is 5.75 Å². The Hall–Kier alpha value is -1.55. The van der Waals surface area contributed by atoms with Crippen molar-refractivity contribution in [3.05, 3.63) is 47.2 Å².